The molecule has 0 bridgehead atoms. The van der Waals surface area contributed by atoms with Gasteiger partial charge in [0.05, 0.1) is 0 Å². The number of hydrogen-bond acceptors (Lipinski definition) is 7. The summed E-state index contributed by atoms with van der Waals surface area (Å²) in [5, 5.41) is 20.4. The van der Waals surface area contributed by atoms with Crippen LogP contribution in [0.25, 0.3) is 16.2 Å². The quantitative estimate of drug-likeness (QED) is 0.574. The molecule has 0 amide bonds. The fourth-order valence-electron chi connectivity index (χ4n) is 1.75. The van der Waals surface area contributed by atoms with E-state index in [1.807, 2.05) is 35.7 Å². The summed E-state index contributed by atoms with van der Waals surface area (Å²) >= 11 is 1.74. The van der Waals surface area contributed by atoms with Gasteiger partial charge in [0.2, 0.25) is 9.30 Å². The molecule has 2 heterocycles. The minimum Gasteiger partial charge on any atom is -0.223 e. The van der Waals surface area contributed by atoms with Crippen LogP contribution in [0.3, 0.4) is 0 Å². The van der Waals surface area contributed by atoms with E-state index in [0.717, 1.165) is 28.7 Å². The molecule has 0 radical (unpaired) electrons. The van der Waals surface area contributed by atoms with Gasteiger partial charge in [-0.05, 0) is 0 Å². The summed E-state index contributed by atoms with van der Waals surface area (Å²) in [6.07, 6.45) is 0. The molecule has 0 aliphatic heterocycles. The number of imidazole rings is 1. The van der Waals surface area contributed by atoms with Crippen molar-refractivity contribution in [3.05, 3.63) is 30.3 Å². The molecule has 1 aromatic carbocycles. The van der Waals surface area contributed by atoms with Crippen LogP contribution < -0.4 is 5.14 Å². The van der Waals surface area contributed by atoms with Crippen molar-refractivity contribution in [3.63, 3.8) is 0 Å². The number of nitrogens with two attached hydrogens (primary N) is 1. The molecule has 0 unspecified atom stereocenters. The summed E-state index contributed by atoms with van der Waals surface area (Å²) in [5.41, 5.74) is 1.41. The van der Waals surface area contributed by atoms with Crippen LogP contribution in [0, 0.1) is 10.7 Å². The van der Waals surface area contributed by atoms with Gasteiger partial charge in [-0.1, -0.05) is 41.7 Å². The molecule has 10 heteroatoms. The van der Waals surface area contributed by atoms with E-state index in [4.69, 9.17) is 10.4 Å². The molecule has 3 rings (SSSR count). The number of fused-ring (bicyclic) bond motifs is 1. The van der Waals surface area contributed by atoms with Crippen molar-refractivity contribution in [3.8, 4) is 16.7 Å². The van der Waals surface area contributed by atoms with Crippen molar-refractivity contribution < 1.29 is 8.42 Å². The first-order valence-corrected chi connectivity index (χ1v) is 8.72. The smallest absolute Gasteiger partial charge is 0.223 e. The summed E-state index contributed by atoms with van der Waals surface area (Å²) in [5.74, 6) is 0. The Morgan fingerprint density at radius 2 is 2.05 bits per heavy atom. The number of nitriles is 1. The summed E-state index contributed by atoms with van der Waals surface area (Å²) in [7, 11) is -3.89. The Labute approximate surface area is 128 Å². The van der Waals surface area contributed by atoms with Crippen LogP contribution in [0.5, 0.6) is 0 Å². The Balaban J connectivity index is 2.26. The highest BCUT2D eigenvalue weighted by molar-refractivity contribution is 8.03. The van der Waals surface area contributed by atoms with E-state index < -0.39 is 10.0 Å². The Kier molecular flexibility index (Phi) is 3.42. The van der Waals surface area contributed by atoms with Crippen molar-refractivity contribution in [2.24, 2.45) is 5.14 Å². The van der Waals surface area contributed by atoms with Crippen LogP contribution in [-0.2, 0) is 10.0 Å². The average molecular weight is 337 g/mol. The number of rotatable bonds is 3. The zero-order chi connectivity index (χ0) is 15.0. The highest BCUT2D eigenvalue weighted by Crippen LogP contribution is 2.33. The van der Waals surface area contributed by atoms with Gasteiger partial charge in [-0.15, -0.1) is 5.10 Å². The molecular weight excluding hydrogens is 330 g/mol. The first-order valence-electron chi connectivity index (χ1n) is 5.54. The highest BCUT2D eigenvalue weighted by Gasteiger charge is 2.22. The third-order valence-electron chi connectivity index (χ3n) is 2.58. The normalized spacial score (nSPS) is 11.6. The van der Waals surface area contributed by atoms with E-state index >= 15 is 0 Å². The number of sulfonamides is 1. The Hall–Kier alpha value is -1.93. The molecule has 0 atom stereocenters. The Morgan fingerprint density at radius 3 is 2.67 bits per heavy atom. The molecular formula is C11H7N5O2S3. The van der Waals surface area contributed by atoms with Gasteiger partial charge in [-0.25, -0.2) is 18.5 Å². The Morgan fingerprint density at radius 1 is 1.33 bits per heavy atom. The second kappa shape index (κ2) is 5.12. The average Bonchev–Trinajstić information content (AvgIpc) is 2.99. The van der Waals surface area contributed by atoms with Crippen LogP contribution >= 0.6 is 23.1 Å². The number of aromatic nitrogens is 3. The molecule has 7 nitrogen and oxygen atoms in total. The lowest BCUT2D eigenvalue weighted by atomic mass is 10.2. The van der Waals surface area contributed by atoms with Gasteiger partial charge in [0.25, 0.3) is 10.0 Å². The van der Waals surface area contributed by atoms with E-state index in [1.165, 1.54) is 4.52 Å². The first-order chi connectivity index (χ1) is 10.0. The van der Waals surface area contributed by atoms with E-state index in [0.29, 0.717) is 15.7 Å². The van der Waals surface area contributed by atoms with Crippen LogP contribution in [-0.4, -0.2) is 23.0 Å². The molecule has 0 aliphatic rings. The second-order valence-electron chi connectivity index (χ2n) is 3.93. The molecule has 0 aliphatic carbocycles. The van der Waals surface area contributed by atoms with E-state index in [-0.39, 0.29) is 4.34 Å². The van der Waals surface area contributed by atoms with E-state index in [2.05, 4.69) is 10.1 Å². The predicted molar refractivity (Wildman–Crippen MR) is 79.1 cm³/mol. The number of hydrogen-bond donors (Lipinski definition) is 1. The van der Waals surface area contributed by atoms with E-state index in [9.17, 15) is 8.42 Å². The van der Waals surface area contributed by atoms with Crippen molar-refractivity contribution in [1.29, 1.82) is 5.26 Å². The van der Waals surface area contributed by atoms with Crippen LogP contribution in [0.4, 0.5) is 0 Å². The maximum absolute atomic E-state index is 11.3. The third-order valence-corrected chi connectivity index (χ3v) is 5.45. The Bertz CT molecular complexity index is 953. The summed E-state index contributed by atoms with van der Waals surface area (Å²) in [4.78, 5) is 4.73. The van der Waals surface area contributed by atoms with Crippen LogP contribution in [0.2, 0.25) is 0 Å². The van der Waals surface area contributed by atoms with Gasteiger partial charge in [-0.3, -0.25) is 0 Å². The van der Waals surface area contributed by atoms with Crippen molar-refractivity contribution in [2.45, 2.75) is 9.37 Å². The maximum Gasteiger partial charge on any atom is 0.267 e. The SMILES string of the molecule is N#CSc1c(-c2ccccc2)nc2sc(S(N)(=O)=O)nn12. The van der Waals surface area contributed by atoms with Crippen LogP contribution in [0.1, 0.15) is 0 Å². The number of primary sulfonamides is 1. The minimum absolute atomic E-state index is 0.232. The lowest BCUT2D eigenvalue weighted by Gasteiger charge is -1.98. The maximum atomic E-state index is 11.3. The molecule has 0 fully saturated rings. The largest absolute Gasteiger partial charge is 0.267 e. The minimum atomic E-state index is -3.89. The molecule has 0 saturated heterocycles. The van der Waals surface area contributed by atoms with Crippen molar-refractivity contribution in [1.82, 2.24) is 14.6 Å². The lowest BCUT2D eigenvalue weighted by molar-refractivity contribution is 0.594. The number of thiocyanates is 1. The van der Waals surface area contributed by atoms with E-state index in [1.54, 1.807) is 0 Å². The molecule has 0 spiro atoms. The predicted octanol–water partition coefficient (Wildman–Crippen LogP) is 1.68. The molecule has 21 heavy (non-hydrogen) atoms. The molecule has 106 valence electrons. The first kappa shape index (κ1) is 14.0. The summed E-state index contributed by atoms with van der Waals surface area (Å²) < 4.78 is 23.8. The lowest BCUT2D eigenvalue weighted by Crippen LogP contribution is -2.12. The summed E-state index contributed by atoms with van der Waals surface area (Å²) in [6.45, 7) is 0. The zero-order valence-electron chi connectivity index (χ0n) is 10.3. The molecule has 2 aromatic heterocycles. The van der Waals surface area contributed by atoms with Crippen molar-refractivity contribution >= 4 is 38.1 Å². The molecule has 2 N–H and O–H groups in total. The number of thioether (sulfide) groups is 1. The van der Waals surface area contributed by atoms with Gasteiger partial charge < -0.3 is 0 Å². The van der Waals surface area contributed by atoms with Gasteiger partial charge in [0.1, 0.15) is 16.1 Å². The topological polar surface area (TPSA) is 114 Å². The summed E-state index contributed by atoms with van der Waals surface area (Å²) in [6, 6.07) is 9.29. The number of benzene rings is 1. The molecule has 0 saturated carbocycles. The standard InChI is InChI=1S/C11H7N5O2S3/c12-6-19-9-8(7-4-2-1-3-5-7)14-10-16(9)15-11(20-10)21(13,17)18/h1-5H,(H2,13,17,18). The fourth-order valence-corrected chi connectivity index (χ4v) is 3.88. The number of nitrogens with zero attached hydrogens (tertiary/aromatic N) is 4. The van der Waals surface area contributed by atoms with Gasteiger partial charge in [0.15, 0.2) is 0 Å². The van der Waals surface area contributed by atoms with Crippen molar-refractivity contribution in [2.75, 3.05) is 0 Å². The third kappa shape index (κ3) is 2.52. The second-order valence-corrected chi connectivity index (χ2v) is 7.40. The van der Waals surface area contributed by atoms with Gasteiger partial charge >= 0.3 is 0 Å². The van der Waals surface area contributed by atoms with Gasteiger partial charge in [-0.2, -0.15) is 9.78 Å². The van der Waals surface area contributed by atoms with Gasteiger partial charge in [0, 0.05) is 17.3 Å². The fraction of sp³-hybridized carbons (Fsp3) is 0. The van der Waals surface area contributed by atoms with Crippen LogP contribution in [0.15, 0.2) is 39.7 Å². The monoisotopic (exact) mass is 337 g/mol. The molecule has 3 aromatic rings. The highest BCUT2D eigenvalue weighted by atomic mass is 32.2. The zero-order valence-corrected chi connectivity index (χ0v) is 12.7.